The van der Waals surface area contributed by atoms with Crippen molar-refractivity contribution in [2.75, 3.05) is 5.32 Å². The van der Waals surface area contributed by atoms with Gasteiger partial charge in [-0.05, 0) is 67.0 Å². The van der Waals surface area contributed by atoms with E-state index in [2.05, 4.69) is 21.5 Å². The van der Waals surface area contributed by atoms with E-state index in [0.717, 1.165) is 12.8 Å². The molecular formula is C21H19ClN4O3S. The highest BCUT2D eigenvalue weighted by Crippen LogP contribution is 2.30. The minimum absolute atomic E-state index is 0.00135. The molecule has 0 unspecified atom stereocenters. The molecule has 0 aliphatic heterocycles. The zero-order chi connectivity index (χ0) is 21.5. The Labute approximate surface area is 183 Å². The van der Waals surface area contributed by atoms with E-state index in [9.17, 15) is 14.4 Å². The molecule has 0 spiro atoms. The van der Waals surface area contributed by atoms with Gasteiger partial charge in [0.2, 0.25) is 11.8 Å². The lowest BCUT2D eigenvalue weighted by atomic mass is 10.2. The number of amides is 3. The summed E-state index contributed by atoms with van der Waals surface area (Å²) in [5.74, 6) is -0.817. The van der Waals surface area contributed by atoms with Gasteiger partial charge < -0.3 is 5.32 Å². The number of hydrogen-bond donors (Lipinski definition) is 4. The van der Waals surface area contributed by atoms with Crippen molar-refractivity contribution in [1.82, 2.24) is 16.2 Å². The highest BCUT2D eigenvalue weighted by Gasteiger charge is 2.29. The fourth-order valence-electron chi connectivity index (χ4n) is 2.44. The predicted molar refractivity (Wildman–Crippen MR) is 120 cm³/mol. The second-order valence-electron chi connectivity index (χ2n) is 6.59. The number of benzene rings is 2. The quantitative estimate of drug-likeness (QED) is 0.324. The second-order valence-corrected chi connectivity index (χ2v) is 7.41. The van der Waals surface area contributed by atoms with Gasteiger partial charge in [0.05, 0.1) is 0 Å². The van der Waals surface area contributed by atoms with Gasteiger partial charge in [-0.1, -0.05) is 29.8 Å². The van der Waals surface area contributed by atoms with Crippen LogP contribution in [0.15, 0.2) is 54.6 Å². The average Bonchev–Trinajstić information content (AvgIpc) is 3.57. The monoisotopic (exact) mass is 442 g/mol. The molecule has 2 aromatic carbocycles. The number of halogens is 1. The molecule has 0 bridgehead atoms. The van der Waals surface area contributed by atoms with E-state index in [1.54, 1.807) is 54.6 Å². The molecule has 7 nitrogen and oxygen atoms in total. The Morgan fingerprint density at radius 1 is 1.00 bits per heavy atom. The fraction of sp³-hybridized carbons (Fsp3) is 0.143. The number of nitrogens with one attached hydrogen (secondary N) is 4. The van der Waals surface area contributed by atoms with E-state index in [1.165, 1.54) is 6.08 Å². The van der Waals surface area contributed by atoms with Crippen molar-refractivity contribution in [3.8, 4) is 0 Å². The van der Waals surface area contributed by atoms with Crippen LogP contribution in [0.5, 0.6) is 0 Å². The molecule has 3 rings (SSSR count). The average molecular weight is 443 g/mol. The van der Waals surface area contributed by atoms with Crippen LogP contribution in [-0.2, 0) is 9.59 Å². The lowest BCUT2D eigenvalue weighted by molar-refractivity contribution is -0.117. The maximum atomic E-state index is 12.2. The number of carbonyl (C=O) groups is 3. The molecule has 0 heterocycles. The number of hydrogen-bond acceptors (Lipinski definition) is 4. The Kier molecular flexibility index (Phi) is 7.16. The maximum Gasteiger partial charge on any atom is 0.269 e. The van der Waals surface area contributed by atoms with Crippen LogP contribution in [0.1, 0.15) is 28.8 Å². The van der Waals surface area contributed by atoms with Crippen LogP contribution in [0.25, 0.3) is 6.08 Å². The van der Waals surface area contributed by atoms with Crippen molar-refractivity contribution in [3.05, 3.63) is 70.8 Å². The van der Waals surface area contributed by atoms with Gasteiger partial charge in [-0.25, -0.2) is 0 Å². The number of thiocarbonyl (C=S) groups is 1. The highest BCUT2D eigenvalue weighted by atomic mass is 35.5. The predicted octanol–water partition coefficient (Wildman–Crippen LogP) is 3.04. The lowest BCUT2D eigenvalue weighted by Gasteiger charge is -2.10. The summed E-state index contributed by atoms with van der Waals surface area (Å²) >= 11 is 11.0. The van der Waals surface area contributed by atoms with Crippen LogP contribution in [0.3, 0.4) is 0 Å². The molecule has 154 valence electrons. The van der Waals surface area contributed by atoms with Crippen molar-refractivity contribution in [2.24, 2.45) is 5.92 Å². The molecule has 0 radical (unpaired) electrons. The van der Waals surface area contributed by atoms with E-state index >= 15 is 0 Å². The summed E-state index contributed by atoms with van der Waals surface area (Å²) in [5.41, 5.74) is 6.54. The van der Waals surface area contributed by atoms with E-state index < -0.39 is 11.8 Å². The molecule has 0 aromatic heterocycles. The standard InChI is InChI=1S/C21H19ClN4O3S/c22-17-4-2-1-3-13(17)9-12-18(27)24-21(30)26-25-20(29)15-7-10-16(11-8-15)23-19(28)14-5-6-14/h1-4,7-12,14H,5-6H2,(H,23,28)(H,25,29)(H2,24,26,27,30). The van der Waals surface area contributed by atoms with E-state index in [1.807, 2.05) is 0 Å². The van der Waals surface area contributed by atoms with Crippen LogP contribution in [0.2, 0.25) is 5.02 Å². The van der Waals surface area contributed by atoms with Gasteiger partial charge in [0.1, 0.15) is 0 Å². The van der Waals surface area contributed by atoms with Gasteiger partial charge in [0, 0.05) is 28.3 Å². The molecule has 4 N–H and O–H groups in total. The zero-order valence-corrected chi connectivity index (χ0v) is 17.3. The summed E-state index contributed by atoms with van der Waals surface area (Å²) in [6.45, 7) is 0. The Balaban J connectivity index is 1.43. The topological polar surface area (TPSA) is 99.3 Å². The molecule has 30 heavy (non-hydrogen) atoms. The van der Waals surface area contributed by atoms with E-state index in [0.29, 0.717) is 21.8 Å². The van der Waals surface area contributed by atoms with Gasteiger partial charge in [-0.3, -0.25) is 30.6 Å². The van der Waals surface area contributed by atoms with Gasteiger partial charge in [-0.2, -0.15) is 0 Å². The minimum Gasteiger partial charge on any atom is -0.326 e. The summed E-state index contributed by atoms with van der Waals surface area (Å²) < 4.78 is 0. The van der Waals surface area contributed by atoms with Crippen molar-refractivity contribution in [2.45, 2.75) is 12.8 Å². The van der Waals surface area contributed by atoms with Gasteiger partial charge >= 0.3 is 0 Å². The zero-order valence-electron chi connectivity index (χ0n) is 15.8. The largest absolute Gasteiger partial charge is 0.326 e. The first-order valence-electron chi connectivity index (χ1n) is 9.17. The molecule has 1 fully saturated rings. The molecule has 1 aliphatic rings. The van der Waals surface area contributed by atoms with Crippen LogP contribution >= 0.6 is 23.8 Å². The van der Waals surface area contributed by atoms with Crippen LogP contribution in [0.4, 0.5) is 5.69 Å². The van der Waals surface area contributed by atoms with Crippen LogP contribution < -0.4 is 21.5 Å². The van der Waals surface area contributed by atoms with Crippen LogP contribution in [-0.4, -0.2) is 22.8 Å². The van der Waals surface area contributed by atoms with E-state index in [-0.39, 0.29) is 16.9 Å². The third-order valence-corrected chi connectivity index (χ3v) is 4.76. The van der Waals surface area contributed by atoms with Gasteiger partial charge in [-0.15, -0.1) is 0 Å². The third kappa shape index (κ3) is 6.40. The van der Waals surface area contributed by atoms with Gasteiger partial charge in [0.25, 0.3) is 5.91 Å². The Hall–Kier alpha value is -3.23. The first-order chi connectivity index (χ1) is 14.4. The number of hydrazine groups is 1. The maximum absolute atomic E-state index is 12.2. The normalized spacial score (nSPS) is 12.8. The summed E-state index contributed by atoms with van der Waals surface area (Å²) in [6.07, 6.45) is 4.68. The highest BCUT2D eigenvalue weighted by molar-refractivity contribution is 7.80. The summed E-state index contributed by atoms with van der Waals surface area (Å²) in [7, 11) is 0. The van der Waals surface area contributed by atoms with Crippen molar-refractivity contribution >= 4 is 58.4 Å². The Morgan fingerprint density at radius 3 is 2.37 bits per heavy atom. The summed E-state index contributed by atoms with van der Waals surface area (Å²) in [5, 5.41) is 5.67. The van der Waals surface area contributed by atoms with Crippen LogP contribution in [0, 0.1) is 5.92 Å². The first-order valence-corrected chi connectivity index (χ1v) is 9.96. The number of anilines is 1. The van der Waals surface area contributed by atoms with E-state index in [4.69, 9.17) is 23.8 Å². The smallest absolute Gasteiger partial charge is 0.269 e. The Morgan fingerprint density at radius 2 is 1.70 bits per heavy atom. The lowest BCUT2D eigenvalue weighted by Crippen LogP contribution is -2.48. The van der Waals surface area contributed by atoms with Crippen molar-refractivity contribution < 1.29 is 14.4 Å². The molecule has 1 saturated carbocycles. The third-order valence-electron chi connectivity index (χ3n) is 4.21. The molecular weight excluding hydrogens is 424 g/mol. The van der Waals surface area contributed by atoms with Crippen molar-refractivity contribution in [3.63, 3.8) is 0 Å². The molecule has 0 saturated heterocycles. The molecule has 0 atom stereocenters. The van der Waals surface area contributed by atoms with Crippen molar-refractivity contribution in [1.29, 1.82) is 0 Å². The molecule has 1 aliphatic carbocycles. The fourth-order valence-corrected chi connectivity index (χ4v) is 2.79. The van der Waals surface area contributed by atoms with Gasteiger partial charge in [0.15, 0.2) is 5.11 Å². The first kappa shape index (κ1) is 21.5. The number of carbonyl (C=O) groups excluding carboxylic acids is 3. The molecule has 9 heteroatoms. The number of rotatable bonds is 5. The minimum atomic E-state index is -0.475. The molecule has 2 aromatic rings. The SMILES string of the molecule is O=C(C=Cc1ccccc1Cl)NC(=S)NNC(=O)c1ccc(NC(=O)C2CC2)cc1. The molecule has 3 amide bonds. The Bertz CT molecular complexity index is 1000. The summed E-state index contributed by atoms with van der Waals surface area (Å²) in [4.78, 5) is 35.8. The second kappa shape index (κ2) is 10.00. The summed E-state index contributed by atoms with van der Waals surface area (Å²) in [6, 6.07) is 13.5.